The van der Waals surface area contributed by atoms with Gasteiger partial charge in [-0.05, 0) is 46.7 Å². The fourth-order valence-electron chi connectivity index (χ4n) is 1.93. The van der Waals surface area contributed by atoms with Gasteiger partial charge in [0.2, 0.25) is 0 Å². The number of carbonyl (C=O) groups is 1. The topological polar surface area (TPSA) is 49.8 Å². The van der Waals surface area contributed by atoms with Crippen molar-refractivity contribution in [3.05, 3.63) is 0 Å². The van der Waals surface area contributed by atoms with Crippen molar-refractivity contribution in [2.45, 2.75) is 39.2 Å². The molecule has 0 radical (unpaired) electrons. The van der Waals surface area contributed by atoms with Crippen molar-refractivity contribution in [1.29, 1.82) is 0 Å². The van der Waals surface area contributed by atoms with Gasteiger partial charge in [0.25, 0.3) is 0 Å². The summed E-state index contributed by atoms with van der Waals surface area (Å²) in [4.78, 5) is 13.2. The number of hydrogen-bond donors (Lipinski definition) is 1. The maximum absolute atomic E-state index is 10.9. The molecule has 94 valence electrons. The van der Waals surface area contributed by atoms with Gasteiger partial charge in [-0.15, -0.1) is 0 Å². The maximum Gasteiger partial charge on any atom is 0.309 e. The van der Waals surface area contributed by atoms with Gasteiger partial charge in [0.05, 0.1) is 12.0 Å². The normalized spacial score (nSPS) is 21.6. The van der Waals surface area contributed by atoms with Crippen LogP contribution in [0.5, 0.6) is 0 Å². The number of rotatable bonds is 6. The molecule has 1 fully saturated rings. The molecule has 0 bridgehead atoms. The lowest BCUT2D eigenvalue weighted by Gasteiger charge is -2.25. The van der Waals surface area contributed by atoms with Gasteiger partial charge in [-0.25, -0.2) is 0 Å². The summed E-state index contributed by atoms with van der Waals surface area (Å²) in [7, 11) is 2.09. The lowest BCUT2D eigenvalue weighted by atomic mass is 9.88. The first-order valence-electron chi connectivity index (χ1n) is 5.95. The molecule has 1 aliphatic rings. The van der Waals surface area contributed by atoms with Crippen molar-refractivity contribution in [3.8, 4) is 0 Å². The minimum absolute atomic E-state index is 0.521. The van der Waals surface area contributed by atoms with E-state index < -0.39 is 11.4 Å². The average Bonchev–Trinajstić information content (AvgIpc) is 2.69. The molecule has 16 heavy (non-hydrogen) atoms. The Labute approximate surface area is 97.6 Å². The Morgan fingerprint density at radius 2 is 2.25 bits per heavy atom. The lowest BCUT2D eigenvalue weighted by molar-refractivity contribution is -0.147. The summed E-state index contributed by atoms with van der Waals surface area (Å²) in [5, 5.41) is 8.98. The van der Waals surface area contributed by atoms with Crippen LogP contribution in [0.4, 0.5) is 0 Å². The molecule has 1 unspecified atom stereocenters. The van der Waals surface area contributed by atoms with Crippen molar-refractivity contribution in [1.82, 2.24) is 4.90 Å². The van der Waals surface area contributed by atoms with E-state index in [2.05, 4.69) is 11.9 Å². The number of aliphatic carboxylic acids is 1. The highest BCUT2D eigenvalue weighted by Gasteiger charge is 2.27. The molecule has 1 aliphatic heterocycles. The fourth-order valence-corrected chi connectivity index (χ4v) is 1.93. The van der Waals surface area contributed by atoms with E-state index in [1.807, 2.05) is 0 Å². The van der Waals surface area contributed by atoms with Crippen LogP contribution in [-0.2, 0) is 9.53 Å². The maximum atomic E-state index is 10.9. The van der Waals surface area contributed by atoms with Gasteiger partial charge in [0.15, 0.2) is 0 Å². The van der Waals surface area contributed by atoms with Crippen molar-refractivity contribution in [2.24, 2.45) is 5.41 Å². The Kier molecular flexibility index (Phi) is 4.74. The van der Waals surface area contributed by atoms with Gasteiger partial charge in [-0.3, -0.25) is 4.79 Å². The number of hydrogen-bond acceptors (Lipinski definition) is 3. The summed E-state index contributed by atoms with van der Waals surface area (Å²) in [5.74, 6) is -0.709. The third-order valence-electron chi connectivity index (χ3n) is 3.42. The van der Waals surface area contributed by atoms with Crippen molar-refractivity contribution in [2.75, 3.05) is 26.8 Å². The Balaban J connectivity index is 2.21. The molecular weight excluding hydrogens is 206 g/mol. The first-order valence-corrected chi connectivity index (χ1v) is 5.95. The van der Waals surface area contributed by atoms with E-state index in [0.29, 0.717) is 6.04 Å². The number of likely N-dealkylation sites (N-methyl/N-ethyl adjacent to an activating group) is 1. The van der Waals surface area contributed by atoms with E-state index >= 15 is 0 Å². The van der Waals surface area contributed by atoms with Gasteiger partial charge in [-0.2, -0.15) is 0 Å². The van der Waals surface area contributed by atoms with E-state index in [4.69, 9.17) is 9.84 Å². The molecule has 0 aromatic rings. The number of carboxylic acid groups (broad SMARTS) is 1. The van der Waals surface area contributed by atoms with Crippen LogP contribution < -0.4 is 0 Å². The van der Waals surface area contributed by atoms with Crippen LogP contribution >= 0.6 is 0 Å². The summed E-state index contributed by atoms with van der Waals surface area (Å²) in [6, 6.07) is 0.521. The van der Waals surface area contributed by atoms with Crippen LogP contribution in [-0.4, -0.2) is 48.8 Å². The number of carboxylic acids is 1. The quantitative estimate of drug-likeness (QED) is 0.751. The second-order valence-electron chi connectivity index (χ2n) is 5.29. The zero-order valence-corrected chi connectivity index (χ0v) is 10.5. The monoisotopic (exact) mass is 229 g/mol. The average molecular weight is 229 g/mol. The van der Waals surface area contributed by atoms with Gasteiger partial charge in [0, 0.05) is 12.6 Å². The first-order chi connectivity index (χ1) is 7.43. The molecule has 0 saturated carbocycles. The first kappa shape index (κ1) is 13.5. The third kappa shape index (κ3) is 3.76. The third-order valence-corrected chi connectivity index (χ3v) is 3.42. The van der Waals surface area contributed by atoms with Gasteiger partial charge < -0.3 is 14.7 Å². The van der Waals surface area contributed by atoms with Crippen LogP contribution in [0.2, 0.25) is 0 Å². The zero-order chi connectivity index (χ0) is 12.2. The molecular formula is C12H23NO3. The van der Waals surface area contributed by atoms with E-state index in [1.165, 1.54) is 0 Å². The Morgan fingerprint density at radius 1 is 1.56 bits per heavy atom. The van der Waals surface area contributed by atoms with E-state index in [1.54, 1.807) is 13.8 Å². The highest BCUT2D eigenvalue weighted by atomic mass is 16.5. The zero-order valence-electron chi connectivity index (χ0n) is 10.5. The van der Waals surface area contributed by atoms with Crippen LogP contribution in [0.15, 0.2) is 0 Å². The van der Waals surface area contributed by atoms with E-state index in [9.17, 15) is 4.79 Å². The molecule has 1 atom stereocenters. The largest absolute Gasteiger partial charge is 0.481 e. The summed E-state index contributed by atoms with van der Waals surface area (Å²) in [6.07, 6.45) is 2.74. The molecule has 0 amide bonds. The molecule has 1 heterocycles. The smallest absolute Gasteiger partial charge is 0.309 e. The predicted molar refractivity (Wildman–Crippen MR) is 62.5 cm³/mol. The summed E-state index contributed by atoms with van der Waals surface area (Å²) in [6.45, 7) is 6.20. The molecule has 1 N–H and O–H groups in total. The van der Waals surface area contributed by atoms with Gasteiger partial charge >= 0.3 is 5.97 Å². The Morgan fingerprint density at radius 3 is 2.75 bits per heavy atom. The van der Waals surface area contributed by atoms with Crippen molar-refractivity contribution in [3.63, 3.8) is 0 Å². The molecule has 0 aliphatic carbocycles. The fraction of sp³-hybridized carbons (Fsp3) is 0.917. The summed E-state index contributed by atoms with van der Waals surface area (Å²) in [5.41, 5.74) is -0.604. The van der Waals surface area contributed by atoms with Crippen molar-refractivity contribution < 1.29 is 14.6 Å². The number of ether oxygens (including phenoxy) is 1. The highest BCUT2D eigenvalue weighted by Crippen LogP contribution is 2.23. The lowest BCUT2D eigenvalue weighted by Crippen LogP contribution is -2.33. The minimum atomic E-state index is -0.709. The molecule has 0 spiro atoms. The highest BCUT2D eigenvalue weighted by molar-refractivity contribution is 5.73. The summed E-state index contributed by atoms with van der Waals surface area (Å²) >= 11 is 0. The minimum Gasteiger partial charge on any atom is -0.481 e. The molecule has 0 aromatic heterocycles. The van der Waals surface area contributed by atoms with Crippen LogP contribution in [0.3, 0.4) is 0 Å². The van der Waals surface area contributed by atoms with Crippen LogP contribution in [0.1, 0.15) is 33.1 Å². The summed E-state index contributed by atoms with van der Waals surface area (Å²) < 4.78 is 5.33. The second kappa shape index (κ2) is 5.64. The molecule has 1 saturated heterocycles. The van der Waals surface area contributed by atoms with E-state index in [-0.39, 0.29) is 0 Å². The predicted octanol–water partition coefficient (Wildman–Crippen LogP) is 1.60. The second-order valence-corrected chi connectivity index (χ2v) is 5.29. The van der Waals surface area contributed by atoms with Crippen LogP contribution in [0, 0.1) is 5.41 Å². The van der Waals surface area contributed by atoms with Crippen LogP contribution in [0.25, 0.3) is 0 Å². The van der Waals surface area contributed by atoms with E-state index in [0.717, 1.165) is 39.0 Å². The molecule has 4 heteroatoms. The standard InChI is InChI=1S/C12H23NO3/c1-12(2,11(14)15)6-4-7-13(3)10-5-8-16-9-10/h10H,4-9H2,1-3H3,(H,14,15). The van der Waals surface area contributed by atoms with Gasteiger partial charge in [0.1, 0.15) is 0 Å². The molecule has 0 aromatic carbocycles. The number of nitrogens with zero attached hydrogens (tertiary/aromatic N) is 1. The van der Waals surface area contributed by atoms with Crippen molar-refractivity contribution >= 4 is 5.97 Å². The van der Waals surface area contributed by atoms with Gasteiger partial charge in [-0.1, -0.05) is 0 Å². The molecule has 1 rings (SSSR count). The Hall–Kier alpha value is -0.610. The Bertz CT molecular complexity index is 234. The SMILES string of the molecule is CN(CCCC(C)(C)C(=O)O)C1CCOC1. The molecule has 4 nitrogen and oxygen atoms in total.